The van der Waals surface area contributed by atoms with Gasteiger partial charge in [-0.15, -0.1) is 0 Å². The van der Waals surface area contributed by atoms with E-state index in [0.29, 0.717) is 0 Å². The van der Waals surface area contributed by atoms with E-state index in [2.05, 4.69) is 23.7 Å². The highest BCUT2D eigenvalue weighted by Crippen LogP contribution is 2.22. The number of nitrogens with two attached hydrogens (primary N) is 1. The molecular formula is C11H21ClN4S. The Hall–Kier alpha value is -0.230. The number of halogens is 1. The summed E-state index contributed by atoms with van der Waals surface area (Å²) in [5, 5.41) is 5.20. The van der Waals surface area contributed by atoms with Crippen molar-refractivity contribution in [3.05, 3.63) is 16.4 Å². The molecular weight excluding hydrogens is 256 g/mol. The van der Waals surface area contributed by atoms with E-state index in [1.165, 1.54) is 0 Å². The number of nitrogens with zero attached hydrogens (tertiary/aromatic N) is 2. The molecule has 0 saturated heterocycles. The van der Waals surface area contributed by atoms with Crippen molar-refractivity contribution < 1.29 is 0 Å². The summed E-state index contributed by atoms with van der Waals surface area (Å²) < 4.78 is 1.87. The minimum atomic E-state index is 0.250. The van der Waals surface area contributed by atoms with Gasteiger partial charge in [0.25, 0.3) is 0 Å². The fraction of sp³-hybridized carbons (Fsp3) is 0.727. The molecule has 0 fully saturated rings. The van der Waals surface area contributed by atoms with Crippen LogP contribution in [0, 0.1) is 0 Å². The highest BCUT2D eigenvalue weighted by Gasteiger charge is 2.17. The molecule has 0 amide bonds. The van der Waals surface area contributed by atoms with Gasteiger partial charge in [0.1, 0.15) is 0 Å². The van der Waals surface area contributed by atoms with E-state index in [4.69, 9.17) is 17.4 Å². The summed E-state index contributed by atoms with van der Waals surface area (Å²) in [7, 11) is 1.93. The summed E-state index contributed by atoms with van der Waals surface area (Å²) in [5.41, 5.74) is 4.88. The fourth-order valence-electron chi connectivity index (χ4n) is 1.78. The van der Waals surface area contributed by atoms with Gasteiger partial charge in [0, 0.05) is 19.5 Å². The molecule has 0 saturated carbocycles. The van der Waals surface area contributed by atoms with Crippen molar-refractivity contribution in [1.29, 1.82) is 0 Å². The van der Waals surface area contributed by atoms with Crippen LogP contribution in [0.25, 0.3) is 0 Å². The summed E-state index contributed by atoms with van der Waals surface area (Å²) in [4.78, 5) is 0. The summed E-state index contributed by atoms with van der Waals surface area (Å²) >= 11 is 8.13. The third kappa shape index (κ3) is 3.88. The van der Waals surface area contributed by atoms with E-state index >= 15 is 0 Å². The lowest BCUT2D eigenvalue weighted by Crippen LogP contribution is -2.37. The second-order valence-electron chi connectivity index (χ2n) is 4.03. The van der Waals surface area contributed by atoms with Crippen molar-refractivity contribution in [1.82, 2.24) is 15.2 Å². The molecule has 3 N–H and O–H groups in total. The topological polar surface area (TPSA) is 55.9 Å². The van der Waals surface area contributed by atoms with Crippen LogP contribution in [0.4, 0.5) is 0 Å². The highest BCUT2D eigenvalue weighted by atomic mass is 35.5. The van der Waals surface area contributed by atoms with Crippen molar-refractivity contribution in [3.8, 4) is 0 Å². The van der Waals surface area contributed by atoms with Crippen molar-refractivity contribution in [2.75, 3.05) is 12.0 Å². The SMILES string of the molecule is CCc1nn(C)c(CC(CCSC)NN)c1Cl. The van der Waals surface area contributed by atoms with Gasteiger partial charge in [-0.3, -0.25) is 16.0 Å². The lowest BCUT2D eigenvalue weighted by atomic mass is 10.1. The maximum absolute atomic E-state index is 6.31. The van der Waals surface area contributed by atoms with E-state index < -0.39 is 0 Å². The van der Waals surface area contributed by atoms with Gasteiger partial charge < -0.3 is 0 Å². The maximum atomic E-state index is 6.31. The Bertz CT molecular complexity index is 353. The molecule has 0 bridgehead atoms. The molecule has 1 unspecified atom stereocenters. The van der Waals surface area contributed by atoms with E-state index in [9.17, 15) is 0 Å². The van der Waals surface area contributed by atoms with E-state index in [1.807, 2.05) is 23.5 Å². The van der Waals surface area contributed by atoms with Crippen LogP contribution in [0.3, 0.4) is 0 Å². The number of nitrogens with one attached hydrogen (secondary N) is 1. The molecule has 0 aromatic carbocycles. The fourth-order valence-corrected chi connectivity index (χ4v) is 2.67. The van der Waals surface area contributed by atoms with Gasteiger partial charge in [-0.2, -0.15) is 16.9 Å². The van der Waals surface area contributed by atoms with Gasteiger partial charge in [0.05, 0.1) is 16.4 Å². The van der Waals surface area contributed by atoms with E-state index in [1.54, 1.807) is 0 Å². The Morgan fingerprint density at radius 2 is 2.29 bits per heavy atom. The zero-order chi connectivity index (χ0) is 12.8. The van der Waals surface area contributed by atoms with Gasteiger partial charge in [-0.25, -0.2) is 0 Å². The third-order valence-electron chi connectivity index (χ3n) is 2.85. The zero-order valence-electron chi connectivity index (χ0n) is 10.7. The van der Waals surface area contributed by atoms with Gasteiger partial charge in [-0.1, -0.05) is 18.5 Å². The standard InChI is InChI=1S/C11H21ClN4S/c1-4-9-11(12)10(16(2)15-9)7-8(14-13)5-6-17-3/h8,14H,4-7,13H2,1-3H3. The zero-order valence-corrected chi connectivity index (χ0v) is 12.2. The first-order valence-electron chi connectivity index (χ1n) is 5.79. The number of hydrogen-bond acceptors (Lipinski definition) is 4. The first-order valence-corrected chi connectivity index (χ1v) is 7.56. The molecule has 98 valence electrons. The normalized spacial score (nSPS) is 13.0. The molecule has 1 aromatic rings. The molecule has 4 nitrogen and oxygen atoms in total. The molecule has 0 aliphatic carbocycles. The van der Waals surface area contributed by atoms with Crippen molar-refractivity contribution in [2.24, 2.45) is 12.9 Å². The number of thioether (sulfide) groups is 1. The Kier molecular flexibility index (Phi) is 6.33. The summed E-state index contributed by atoms with van der Waals surface area (Å²) in [6.45, 7) is 2.06. The predicted octanol–water partition coefficient (Wildman–Crippen LogP) is 1.76. The monoisotopic (exact) mass is 276 g/mol. The maximum Gasteiger partial charge on any atom is 0.0850 e. The summed E-state index contributed by atoms with van der Waals surface area (Å²) in [5.74, 6) is 6.66. The smallest absolute Gasteiger partial charge is 0.0850 e. The van der Waals surface area contributed by atoms with Crippen LogP contribution in [0.15, 0.2) is 0 Å². The first kappa shape index (κ1) is 14.8. The minimum Gasteiger partial charge on any atom is -0.271 e. The Morgan fingerprint density at radius 3 is 2.76 bits per heavy atom. The highest BCUT2D eigenvalue weighted by molar-refractivity contribution is 7.98. The largest absolute Gasteiger partial charge is 0.271 e. The Morgan fingerprint density at radius 1 is 1.59 bits per heavy atom. The molecule has 0 spiro atoms. The lowest BCUT2D eigenvalue weighted by Gasteiger charge is -2.15. The molecule has 1 heterocycles. The number of aryl methyl sites for hydroxylation is 2. The van der Waals surface area contributed by atoms with E-state index in [-0.39, 0.29) is 6.04 Å². The van der Waals surface area contributed by atoms with Crippen LogP contribution in [0.5, 0.6) is 0 Å². The van der Waals surface area contributed by atoms with Crippen molar-refractivity contribution in [2.45, 2.75) is 32.2 Å². The number of hydrogen-bond donors (Lipinski definition) is 2. The first-order chi connectivity index (χ1) is 8.13. The molecule has 17 heavy (non-hydrogen) atoms. The number of hydrazine groups is 1. The van der Waals surface area contributed by atoms with Crippen LogP contribution in [0.2, 0.25) is 5.02 Å². The van der Waals surface area contributed by atoms with Crippen LogP contribution >= 0.6 is 23.4 Å². The molecule has 0 aliphatic rings. The van der Waals surface area contributed by atoms with Crippen LogP contribution in [-0.2, 0) is 19.9 Å². The molecule has 0 radical (unpaired) electrons. The van der Waals surface area contributed by atoms with Crippen LogP contribution in [-0.4, -0.2) is 27.8 Å². The summed E-state index contributed by atoms with van der Waals surface area (Å²) in [6, 6.07) is 0.250. The average Bonchev–Trinajstić information content (AvgIpc) is 2.60. The summed E-state index contributed by atoms with van der Waals surface area (Å²) in [6.07, 6.45) is 4.80. The second kappa shape index (κ2) is 7.26. The molecule has 6 heteroatoms. The van der Waals surface area contributed by atoms with E-state index in [0.717, 1.165) is 41.4 Å². The number of rotatable bonds is 7. The van der Waals surface area contributed by atoms with Gasteiger partial charge in [-0.05, 0) is 24.9 Å². The van der Waals surface area contributed by atoms with Crippen molar-refractivity contribution >= 4 is 23.4 Å². The average molecular weight is 277 g/mol. The molecule has 1 rings (SSSR count). The molecule has 0 aliphatic heterocycles. The predicted molar refractivity (Wildman–Crippen MR) is 75.4 cm³/mol. The lowest BCUT2D eigenvalue weighted by molar-refractivity contribution is 0.498. The Labute approximate surface area is 112 Å². The second-order valence-corrected chi connectivity index (χ2v) is 5.40. The quantitative estimate of drug-likeness (QED) is 0.589. The van der Waals surface area contributed by atoms with Crippen LogP contribution < -0.4 is 11.3 Å². The third-order valence-corrected chi connectivity index (χ3v) is 3.93. The Balaban J connectivity index is 2.75. The molecule has 1 atom stereocenters. The van der Waals surface area contributed by atoms with Gasteiger partial charge in [0.15, 0.2) is 0 Å². The number of aromatic nitrogens is 2. The van der Waals surface area contributed by atoms with Crippen molar-refractivity contribution in [3.63, 3.8) is 0 Å². The minimum absolute atomic E-state index is 0.250. The van der Waals surface area contributed by atoms with Gasteiger partial charge >= 0.3 is 0 Å². The molecule has 1 aromatic heterocycles. The van der Waals surface area contributed by atoms with Gasteiger partial charge in [0.2, 0.25) is 0 Å². The van der Waals surface area contributed by atoms with Crippen LogP contribution in [0.1, 0.15) is 24.7 Å².